The number of hydrogen-bond donors (Lipinski definition) is 0. The van der Waals surface area contributed by atoms with Gasteiger partial charge in [-0.2, -0.15) is 5.10 Å². The van der Waals surface area contributed by atoms with Gasteiger partial charge in [0.15, 0.2) is 5.82 Å². The predicted octanol–water partition coefficient (Wildman–Crippen LogP) is -0.326. The molecule has 1 aliphatic rings. The summed E-state index contributed by atoms with van der Waals surface area (Å²) in [6.45, 7) is 6.99. The molecule has 0 unspecified atom stereocenters. The SMILES string of the molecule is C[C@@H]1CN(Cc2nnnn2CC(=O)N(C)Cc2cnn(C)c2)C[C@H](C)O1. The summed E-state index contributed by atoms with van der Waals surface area (Å²) in [5, 5.41) is 16.0. The molecule has 0 bridgehead atoms. The Kier molecular flexibility index (Phi) is 5.62. The molecule has 142 valence electrons. The number of carbonyl (C=O) groups is 1. The van der Waals surface area contributed by atoms with Gasteiger partial charge in [0.25, 0.3) is 0 Å². The van der Waals surface area contributed by atoms with Gasteiger partial charge in [-0.1, -0.05) is 0 Å². The first-order valence-electron chi connectivity index (χ1n) is 8.75. The molecule has 1 saturated heterocycles. The van der Waals surface area contributed by atoms with Gasteiger partial charge in [0, 0.05) is 45.5 Å². The Labute approximate surface area is 152 Å². The molecule has 26 heavy (non-hydrogen) atoms. The van der Waals surface area contributed by atoms with E-state index in [1.165, 1.54) is 0 Å². The summed E-state index contributed by atoms with van der Waals surface area (Å²) >= 11 is 0. The second-order valence-electron chi connectivity index (χ2n) is 6.98. The first kappa shape index (κ1) is 18.5. The maximum absolute atomic E-state index is 12.5. The lowest BCUT2D eigenvalue weighted by Gasteiger charge is -2.34. The van der Waals surface area contributed by atoms with E-state index in [2.05, 4.69) is 39.4 Å². The standard InChI is InChI=1S/C16H26N8O2/c1-12-6-23(7-13(2)26-12)10-15-18-19-20-24(15)11-16(25)21(3)8-14-5-17-22(4)9-14/h5,9,12-13H,6-8,10-11H2,1-4H3/t12-,13+. The molecule has 1 fully saturated rings. The second kappa shape index (κ2) is 7.92. The zero-order chi connectivity index (χ0) is 18.7. The Morgan fingerprint density at radius 1 is 1.35 bits per heavy atom. The van der Waals surface area contributed by atoms with Crippen molar-refractivity contribution in [1.82, 2.24) is 39.8 Å². The summed E-state index contributed by atoms with van der Waals surface area (Å²) in [6, 6.07) is 0. The molecule has 1 amide bonds. The van der Waals surface area contributed by atoms with Crippen molar-refractivity contribution in [3.63, 3.8) is 0 Å². The lowest BCUT2D eigenvalue weighted by Crippen LogP contribution is -2.45. The topological polar surface area (TPSA) is 94.2 Å². The van der Waals surface area contributed by atoms with Crippen LogP contribution in [0.2, 0.25) is 0 Å². The molecule has 10 nitrogen and oxygen atoms in total. The molecule has 2 aromatic rings. The minimum atomic E-state index is -0.0499. The predicted molar refractivity (Wildman–Crippen MR) is 92.8 cm³/mol. The van der Waals surface area contributed by atoms with Crippen molar-refractivity contribution < 1.29 is 9.53 Å². The minimum absolute atomic E-state index is 0.0499. The lowest BCUT2D eigenvalue weighted by molar-refractivity contribution is -0.131. The Morgan fingerprint density at radius 3 is 2.73 bits per heavy atom. The number of morpholine rings is 1. The summed E-state index contributed by atoms with van der Waals surface area (Å²) in [4.78, 5) is 16.4. The number of ether oxygens (including phenoxy) is 1. The fourth-order valence-corrected chi connectivity index (χ4v) is 3.24. The summed E-state index contributed by atoms with van der Waals surface area (Å²) in [5.41, 5.74) is 0.983. The summed E-state index contributed by atoms with van der Waals surface area (Å²) < 4.78 is 9.05. The highest BCUT2D eigenvalue weighted by Gasteiger charge is 2.24. The van der Waals surface area contributed by atoms with E-state index in [4.69, 9.17) is 4.74 Å². The number of aromatic nitrogens is 6. The van der Waals surface area contributed by atoms with Crippen molar-refractivity contribution in [3.8, 4) is 0 Å². The number of rotatable bonds is 6. The van der Waals surface area contributed by atoms with E-state index in [1.54, 1.807) is 27.5 Å². The molecule has 2 aromatic heterocycles. The van der Waals surface area contributed by atoms with Crippen LogP contribution in [0.15, 0.2) is 12.4 Å². The lowest BCUT2D eigenvalue weighted by atomic mass is 10.2. The Morgan fingerprint density at radius 2 is 2.08 bits per heavy atom. The van der Waals surface area contributed by atoms with Gasteiger partial charge < -0.3 is 9.64 Å². The highest BCUT2D eigenvalue weighted by molar-refractivity contribution is 5.75. The van der Waals surface area contributed by atoms with E-state index in [0.29, 0.717) is 18.9 Å². The largest absolute Gasteiger partial charge is 0.373 e. The summed E-state index contributed by atoms with van der Waals surface area (Å²) in [5.74, 6) is 0.639. The third-order valence-electron chi connectivity index (χ3n) is 4.36. The monoisotopic (exact) mass is 362 g/mol. The fraction of sp³-hybridized carbons (Fsp3) is 0.688. The van der Waals surface area contributed by atoms with Gasteiger partial charge in [-0.15, -0.1) is 5.10 Å². The van der Waals surface area contributed by atoms with E-state index in [9.17, 15) is 4.79 Å². The first-order valence-corrected chi connectivity index (χ1v) is 8.75. The number of tetrazole rings is 1. The molecular formula is C16H26N8O2. The van der Waals surface area contributed by atoms with Crippen molar-refractivity contribution in [1.29, 1.82) is 0 Å². The zero-order valence-corrected chi connectivity index (χ0v) is 15.7. The molecule has 0 N–H and O–H groups in total. The molecule has 0 radical (unpaired) electrons. The molecule has 1 aliphatic heterocycles. The van der Waals surface area contributed by atoms with Crippen LogP contribution in [0, 0.1) is 0 Å². The molecule has 0 aromatic carbocycles. The first-order chi connectivity index (χ1) is 12.4. The number of aryl methyl sites for hydroxylation is 1. The van der Waals surface area contributed by atoms with E-state index >= 15 is 0 Å². The number of amides is 1. The summed E-state index contributed by atoms with van der Waals surface area (Å²) in [6.07, 6.45) is 4.01. The Bertz CT molecular complexity index is 732. The zero-order valence-electron chi connectivity index (χ0n) is 15.7. The van der Waals surface area contributed by atoms with Crippen molar-refractivity contribution >= 4 is 5.91 Å². The van der Waals surface area contributed by atoms with Crippen LogP contribution < -0.4 is 0 Å². The summed E-state index contributed by atoms with van der Waals surface area (Å²) in [7, 11) is 3.62. The van der Waals surface area contributed by atoms with Crippen LogP contribution in [0.3, 0.4) is 0 Å². The molecule has 2 atom stereocenters. The Hall–Kier alpha value is -2.33. The van der Waals surface area contributed by atoms with Gasteiger partial charge >= 0.3 is 0 Å². The number of hydrogen-bond acceptors (Lipinski definition) is 7. The van der Waals surface area contributed by atoms with E-state index in [-0.39, 0.29) is 24.7 Å². The van der Waals surface area contributed by atoms with Gasteiger partial charge in [0.05, 0.1) is 24.9 Å². The average Bonchev–Trinajstić information content (AvgIpc) is 3.15. The van der Waals surface area contributed by atoms with Crippen molar-refractivity contribution in [2.24, 2.45) is 7.05 Å². The second-order valence-corrected chi connectivity index (χ2v) is 6.98. The molecular weight excluding hydrogens is 336 g/mol. The molecule has 3 rings (SSSR count). The van der Waals surface area contributed by atoms with Gasteiger partial charge in [-0.05, 0) is 24.3 Å². The van der Waals surface area contributed by atoms with Crippen LogP contribution in [-0.2, 0) is 36.2 Å². The molecule has 10 heteroatoms. The normalized spacial score (nSPS) is 21.1. The van der Waals surface area contributed by atoms with Gasteiger partial charge in [-0.25, -0.2) is 4.68 Å². The number of nitrogens with zero attached hydrogens (tertiary/aromatic N) is 8. The average molecular weight is 362 g/mol. The maximum Gasteiger partial charge on any atom is 0.244 e. The van der Waals surface area contributed by atoms with Gasteiger partial charge in [0.2, 0.25) is 5.91 Å². The van der Waals surface area contributed by atoms with Gasteiger partial charge in [-0.3, -0.25) is 14.4 Å². The van der Waals surface area contributed by atoms with E-state index in [1.807, 2.05) is 13.2 Å². The molecule has 0 spiro atoms. The van der Waals surface area contributed by atoms with E-state index in [0.717, 1.165) is 18.7 Å². The minimum Gasteiger partial charge on any atom is -0.373 e. The third kappa shape index (κ3) is 4.64. The highest BCUT2D eigenvalue weighted by Crippen LogP contribution is 2.13. The van der Waals surface area contributed by atoms with Crippen LogP contribution in [0.4, 0.5) is 0 Å². The Balaban J connectivity index is 1.58. The van der Waals surface area contributed by atoms with Crippen LogP contribution in [0.5, 0.6) is 0 Å². The third-order valence-corrected chi connectivity index (χ3v) is 4.36. The molecule has 0 saturated carbocycles. The van der Waals surface area contributed by atoms with Crippen molar-refractivity contribution in [3.05, 3.63) is 23.8 Å². The molecule has 3 heterocycles. The van der Waals surface area contributed by atoms with Crippen LogP contribution in [0.25, 0.3) is 0 Å². The van der Waals surface area contributed by atoms with E-state index < -0.39 is 0 Å². The van der Waals surface area contributed by atoms with Crippen molar-refractivity contribution in [2.75, 3.05) is 20.1 Å². The quantitative estimate of drug-likeness (QED) is 0.695. The number of likely N-dealkylation sites (N-methyl/N-ethyl adjacent to an activating group) is 1. The van der Waals surface area contributed by atoms with Gasteiger partial charge in [0.1, 0.15) is 6.54 Å². The fourth-order valence-electron chi connectivity index (χ4n) is 3.24. The van der Waals surface area contributed by atoms with Crippen LogP contribution in [0.1, 0.15) is 25.2 Å². The van der Waals surface area contributed by atoms with Crippen molar-refractivity contribution in [2.45, 2.75) is 45.7 Å². The molecule has 0 aliphatic carbocycles. The highest BCUT2D eigenvalue weighted by atomic mass is 16.5. The van der Waals surface area contributed by atoms with Crippen LogP contribution in [-0.4, -0.2) is 78.0 Å². The van der Waals surface area contributed by atoms with Crippen LogP contribution >= 0.6 is 0 Å². The number of carbonyl (C=O) groups excluding carboxylic acids is 1. The smallest absolute Gasteiger partial charge is 0.244 e. The maximum atomic E-state index is 12.5.